The van der Waals surface area contributed by atoms with Crippen LogP contribution < -0.4 is 0 Å². The molecule has 2 rings (SSSR count). The van der Waals surface area contributed by atoms with E-state index in [9.17, 15) is 4.79 Å². The van der Waals surface area contributed by atoms with Crippen molar-refractivity contribution in [3.05, 3.63) is 23.9 Å². The third-order valence-electron chi connectivity index (χ3n) is 3.01. The van der Waals surface area contributed by atoms with Gasteiger partial charge in [-0.1, -0.05) is 6.07 Å². The van der Waals surface area contributed by atoms with E-state index in [1.54, 1.807) is 18.7 Å². The molecular formula is C12H16N2OS. The van der Waals surface area contributed by atoms with E-state index in [0.717, 1.165) is 24.4 Å². The van der Waals surface area contributed by atoms with Crippen molar-refractivity contribution < 1.29 is 4.79 Å². The van der Waals surface area contributed by atoms with E-state index in [1.165, 1.54) is 5.56 Å². The van der Waals surface area contributed by atoms with Crippen LogP contribution >= 0.6 is 11.8 Å². The van der Waals surface area contributed by atoms with E-state index < -0.39 is 0 Å². The lowest BCUT2D eigenvalue weighted by atomic mass is 10.1. The Bertz CT molecular complexity index is 394. The van der Waals surface area contributed by atoms with Gasteiger partial charge in [0.15, 0.2) is 0 Å². The lowest BCUT2D eigenvalue weighted by Crippen LogP contribution is -2.28. The first-order valence-corrected chi connectivity index (χ1v) is 6.72. The first kappa shape index (κ1) is 11.5. The summed E-state index contributed by atoms with van der Waals surface area (Å²) >= 11 is 1.65. The zero-order valence-electron chi connectivity index (χ0n) is 9.64. The van der Waals surface area contributed by atoms with Crippen molar-refractivity contribution in [1.82, 2.24) is 9.88 Å². The molecule has 0 bridgehead atoms. The number of rotatable bonds is 2. The Morgan fingerprint density at radius 1 is 1.62 bits per heavy atom. The Morgan fingerprint density at radius 3 is 3.12 bits per heavy atom. The van der Waals surface area contributed by atoms with Crippen LogP contribution in [0.1, 0.15) is 31.4 Å². The molecule has 0 saturated carbocycles. The SMILES string of the molecule is CSc1ncccc1C1CCCN1C(C)=O. The van der Waals surface area contributed by atoms with Gasteiger partial charge in [0, 0.05) is 25.2 Å². The van der Waals surface area contributed by atoms with E-state index in [1.807, 2.05) is 23.4 Å². The topological polar surface area (TPSA) is 33.2 Å². The van der Waals surface area contributed by atoms with Crippen molar-refractivity contribution in [2.45, 2.75) is 30.8 Å². The molecule has 0 radical (unpaired) electrons. The predicted octanol–water partition coefficient (Wildman–Crippen LogP) is 2.49. The molecule has 1 aliphatic heterocycles. The zero-order chi connectivity index (χ0) is 11.5. The Balaban J connectivity index is 2.32. The number of hydrogen-bond acceptors (Lipinski definition) is 3. The smallest absolute Gasteiger partial charge is 0.219 e. The molecule has 1 fully saturated rings. The third-order valence-corrected chi connectivity index (χ3v) is 3.74. The lowest BCUT2D eigenvalue weighted by Gasteiger charge is -2.24. The highest BCUT2D eigenvalue weighted by atomic mass is 32.2. The largest absolute Gasteiger partial charge is 0.336 e. The number of aromatic nitrogens is 1. The van der Waals surface area contributed by atoms with Gasteiger partial charge >= 0.3 is 0 Å². The molecule has 1 aromatic rings. The number of nitrogens with zero attached hydrogens (tertiary/aromatic N) is 2. The van der Waals surface area contributed by atoms with E-state index >= 15 is 0 Å². The summed E-state index contributed by atoms with van der Waals surface area (Å²) in [4.78, 5) is 17.8. The van der Waals surface area contributed by atoms with Crippen molar-refractivity contribution in [1.29, 1.82) is 0 Å². The van der Waals surface area contributed by atoms with E-state index in [-0.39, 0.29) is 11.9 Å². The number of pyridine rings is 1. The molecule has 1 saturated heterocycles. The number of hydrogen-bond donors (Lipinski definition) is 0. The highest BCUT2D eigenvalue weighted by Crippen LogP contribution is 2.35. The number of amides is 1. The minimum absolute atomic E-state index is 0.165. The minimum atomic E-state index is 0.165. The Morgan fingerprint density at radius 2 is 2.44 bits per heavy atom. The quantitative estimate of drug-likeness (QED) is 0.740. The first-order chi connectivity index (χ1) is 7.74. The van der Waals surface area contributed by atoms with Crippen molar-refractivity contribution in [2.75, 3.05) is 12.8 Å². The highest BCUT2D eigenvalue weighted by molar-refractivity contribution is 7.98. The summed E-state index contributed by atoms with van der Waals surface area (Å²) in [6, 6.07) is 4.27. The molecule has 16 heavy (non-hydrogen) atoms. The molecule has 0 aromatic carbocycles. The standard InChI is InChI=1S/C12H16N2OS/c1-9(15)14-8-4-6-11(14)10-5-3-7-13-12(10)16-2/h3,5,7,11H,4,6,8H2,1-2H3. The zero-order valence-corrected chi connectivity index (χ0v) is 10.5. The number of carbonyl (C=O) groups is 1. The second-order valence-electron chi connectivity index (χ2n) is 3.97. The van der Waals surface area contributed by atoms with Crippen molar-refractivity contribution in [2.24, 2.45) is 0 Å². The van der Waals surface area contributed by atoms with Crippen LogP contribution in [-0.4, -0.2) is 28.6 Å². The van der Waals surface area contributed by atoms with Gasteiger partial charge in [-0.2, -0.15) is 0 Å². The molecule has 4 heteroatoms. The summed E-state index contributed by atoms with van der Waals surface area (Å²) in [5.74, 6) is 0.165. The highest BCUT2D eigenvalue weighted by Gasteiger charge is 2.29. The summed E-state index contributed by atoms with van der Waals surface area (Å²) in [6.45, 7) is 2.52. The number of likely N-dealkylation sites (tertiary alicyclic amines) is 1. The monoisotopic (exact) mass is 236 g/mol. The van der Waals surface area contributed by atoms with Gasteiger partial charge in [0.05, 0.1) is 6.04 Å². The van der Waals surface area contributed by atoms with Gasteiger partial charge in [0.1, 0.15) is 5.03 Å². The summed E-state index contributed by atoms with van der Waals surface area (Å²) in [6.07, 6.45) is 5.98. The van der Waals surface area contributed by atoms with Crippen LogP contribution in [-0.2, 0) is 4.79 Å². The molecule has 1 amide bonds. The molecule has 86 valence electrons. The normalized spacial score (nSPS) is 20.1. The first-order valence-electron chi connectivity index (χ1n) is 5.50. The van der Waals surface area contributed by atoms with Crippen LogP contribution in [0.25, 0.3) is 0 Å². The van der Waals surface area contributed by atoms with E-state index in [0.29, 0.717) is 0 Å². The average Bonchev–Trinajstić information content (AvgIpc) is 2.77. The molecule has 0 spiro atoms. The van der Waals surface area contributed by atoms with Crippen molar-refractivity contribution >= 4 is 17.7 Å². The van der Waals surface area contributed by atoms with Gasteiger partial charge in [0.2, 0.25) is 5.91 Å². The van der Waals surface area contributed by atoms with Gasteiger partial charge in [-0.05, 0) is 25.2 Å². The van der Waals surface area contributed by atoms with E-state index in [4.69, 9.17) is 0 Å². The fourth-order valence-corrected chi connectivity index (χ4v) is 2.90. The van der Waals surface area contributed by atoms with Gasteiger partial charge in [-0.15, -0.1) is 11.8 Å². The van der Waals surface area contributed by atoms with Crippen molar-refractivity contribution in [3.8, 4) is 0 Å². The van der Waals surface area contributed by atoms with Crippen LogP contribution in [0.4, 0.5) is 0 Å². The van der Waals surface area contributed by atoms with Crippen LogP contribution in [0, 0.1) is 0 Å². The average molecular weight is 236 g/mol. The van der Waals surface area contributed by atoms with Crippen LogP contribution in [0.3, 0.4) is 0 Å². The van der Waals surface area contributed by atoms with Gasteiger partial charge in [0.25, 0.3) is 0 Å². The van der Waals surface area contributed by atoms with Gasteiger partial charge in [-0.3, -0.25) is 4.79 Å². The summed E-state index contributed by atoms with van der Waals surface area (Å²) in [7, 11) is 0. The molecule has 0 N–H and O–H groups in total. The van der Waals surface area contributed by atoms with Gasteiger partial charge in [-0.25, -0.2) is 4.98 Å². The maximum atomic E-state index is 11.5. The second kappa shape index (κ2) is 4.87. The lowest BCUT2D eigenvalue weighted by molar-refractivity contribution is -0.129. The van der Waals surface area contributed by atoms with Crippen LogP contribution in [0.2, 0.25) is 0 Å². The summed E-state index contributed by atoms with van der Waals surface area (Å²) in [5, 5.41) is 1.04. The summed E-state index contributed by atoms with van der Waals surface area (Å²) < 4.78 is 0. The summed E-state index contributed by atoms with van der Waals surface area (Å²) in [5.41, 5.74) is 1.20. The fraction of sp³-hybridized carbons (Fsp3) is 0.500. The maximum Gasteiger partial charge on any atom is 0.219 e. The predicted molar refractivity (Wildman–Crippen MR) is 65.4 cm³/mol. The molecule has 0 aliphatic carbocycles. The molecule has 2 heterocycles. The number of thioether (sulfide) groups is 1. The third kappa shape index (κ3) is 2.07. The Kier molecular flexibility index (Phi) is 3.49. The molecule has 3 nitrogen and oxygen atoms in total. The van der Waals surface area contributed by atoms with Gasteiger partial charge < -0.3 is 4.90 Å². The Labute approximate surface area is 100 Å². The second-order valence-corrected chi connectivity index (χ2v) is 4.77. The fourth-order valence-electron chi connectivity index (χ4n) is 2.29. The van der Waals surface area contributed by atoms with E-state index in [2.05, 4.69) is 11.1 Å². The molecule has 1 aliphatic rings. The molecule has 1 atom stereocenters. The van der Waals surface area contributed by atoms with Crippen molar-refractivity contribution in [3.63, 3.8) is 0 Å². The minimum Gasteiger partial charge on any atom is -0.336 e. The number of carbonyl (C=O) groups excluding carboxylic acids is 1. The van der Waals surface area contributed by atoms with Crippen LogP contribution in [0.5, 0.6) is 0 Å². The molecule has 1 unspecified atom stereocenters. The molecular weight excluding hydrogens is 220 g/mol. The van der Waals surface area contributed by atoms with Crippen LogP contribution in [0.15, 0.2) is 23.4 Å². The molecule has 1 aromatic heterocycles. The Hall–Kier alpha value is -1.03. The maximum absolute atomic E-state index is 11.5.